The zero-order chi connectivity index (χ0) is 5.49. The third-order valence-electron chi connectivity index (χ3n) is 0.972. The molecule has 1 atom stereocenters. The maximum Gasteiger partial charge on any atom is 0.232 e. The molecule has 0 aromatic carbocycles. The Labute approximate surface area is 41.3 Å². The molecular weight excluding hydrogens is 96.0 g/mol. The number of hydrogen-bond acceptors (Lipinski definition) is 4. The standard InChI is InChI=1S/C3H8N2O2/c1-2-3(4,5)7-6-2/h2H,4-5H2,1H3. The molecule has 1 fully saturated rings. The first-order valence-electron chi connectivity index (χ1n) is 2.05. The number of nitrogens with two attached hydrogens (primary N) is 2. The second-order valence-electron chi connectivity index (χ2n) is 1.68. The summed E-state index contributed by atoms with van der Waals surface area (Å²) in [4.78, 5) is 8.68. The van der Waals surface area contributed by atoms with E-state index < -0.39 is 5.85 Å². The summed E-state index contributed by atoms with van der Waals surface area (Å²) in [6, 6.07) is 0. The van der Waals surface area contributed by atoms with E-state index in [-0.39, 0.29) is 6.10 Å². The lowest BCUT2D eigenvalue weighted by Gasteiger charge is -2.38. The van der Waals surface area contributed by atoms with E-state index in [1.54, 1.807) is 6.92 Å². The smallest absolute Gasteiger partial charge is 0.232 e. The molecule has 0 radical (unpaired) electrons. The van der Waals surface area contributed by atoms with E-state index in [2.05, 4.69) is 9.78 Å². The average molecular weight is 104 g/mol. The molecule has 0 amide bonds. The molecule has 42 valence electrons. The van der Waals surface area contributed by atoms with Gasteiger partial charge in [-0.1, -0.05) is 0 Å². The Kier molecular flexibility index (Phi) is 0.829. The van der Waals surface area contributed by atoms with Crippen LogP contribution in [0.2, 0.25) is 0 Å². The monoisotopic (exact) mass is 104 g/mol. The molecule has 1 aliphatic heterocycles. The summed E-state index contributed by atoms with van der Waals surface area (Å²) in [5, 5.41) is 0. The summed E-state index contributed by atoms with van der Waals surface area (Å²) >= 11 is 0. The van der Waals surface area contributed by atoms with Gasteiger partial charge in [0.05, 0.1) is 0 Å². The van der Waals surface area contributed by atoms with E-state index in [1.807, 2.05) is 0 Å². The molecule has 1 saturated heterocycles. The highest BCUT2D eigenvalue weighted by molar-refractivity contribution is 4.75. The lowest BCUT2D eigenvalue weighted by molar-refractivity contribution is -0.503. The first kappa shape index (κ1) is 4.99. The molecule has 1 rings (SSSR count). The maximum absolute atomic E-state index is 5.20. The van der Waals surface area contributed by atoms with Crippen molar-refractivity contribution < 1.29 is 9.78 Å². The van der Waals surface area contributed by atoms with E-state index in [0.29, 0.717) is 0 Å². The minimum absolute atomic E-state index is 0.188. The molecule has 0 saturated carbocycles. The quantitative estimate of drug-likeness (QED) is 0.302. The van der Waals surface area contributed by atoms with Crippen molar-refractivity contribution in [2.24, 2.45) is 11.5 Å². The van der Waals surface area contributed by atoms with Crippen LogP contribution < -0.4 is 11.5 Å². The van der Waals surface area contributed by atoms with Crippen molar-refractivity contribution in [1.29, 1.82) is 0 Å². The van der Waals surface area contributed by atoms with Crippen molar-refractivity contribution in [2.45, 2.75) is 18.9 Å². The molecule has 4 nitrogen and oxygen atoms in total. The molecule has 4 heteroatoms. The highest BCUT2D eigenvalue weighted by Gasteiger charge is 2.41. The van der Waals surface area contributed by atoms with Crippen LogP contribution >= 0.6 is 0 Å². The molecule has 1 heterocycles. The van der Waals surface area contributed by atoms with Crippen LogP contribution in [0.4, 0.5) is 0 Å². The minimum Gasteiger partial charge on any atom is -0.286 e. The predicted molar refractivity (Wildman–Crippen MR) is 22.7 cm³/mol. The van der Waals surface area contributed by atoms with Crippen LogP contribution in [-0.4, -0.2) is 12.0 Å². The second-order valence-corrected chi connectivity index (χ2v) is 1.68. The molecule has 0 aromatic rings. The Hall–Kier alpha value is -0.160. The van der Waals surface area contributed by atoms with Crippen molar-refractivity contribution in [3.8, 4) is 0 Å². The molecule has 0 aliphatic carbocycles. The van der Waals surface area contributed by atoms with Crippen LogP contribution in [0.1, 0.15) is 6.92 Å². The summed E-state index contributed by atoms with van der Waals surface area (Å²) in [5.41, 5.74) is 10.4. The highest BCUT2D eigenvalue weighted by Crippen LogP contribution is 2.17. The largest absolute Gasteiger partial charge is 0.286 e. The van der Waals surface area contributed by atoms with Crippen LogP contribution in [0.15, 0.2) is 0 Å². The van der Waals surface area contributed by atoms with Gasteiger partial charge in [0.15, 0.2) is 0 Å². The lowest BCUT2D eigenvalue weighted by Crippen LogP contribution is -2.68. The van der Waals surface area contributed by atoms with Gasteiger partial charge >= 0.3 is 0 Å². The van der Waals surface area contributed by atoms with Gasteiger partial charge in [-0.2, -0.15) is 4.89 Å². The number of rotatable bonds is 0. The fraction of sp³-hybridized carbons (Fsp3) is 1.00. The van der Waals surface area contributed by atoms with Crippen molar-refractivity contribution >= 4 is 0 Å². The SMILES string of the molecule is CC1OOC1(N)N. The summed E-state index contributed by atoms with van der Waals surface area (Å²) in [7, 11) is 0. The molecule has 0 aromatic heterocycles. The van der Waals surface area contributed by atoms with Gasteiger partial charge in [0, 0.05) is 0 Å². The van der Waals surface area contributed by atoms with E-state index >= 15 is 0 Å². The molecular formula is C3H8N2O2. The van der Waals surface area contributed by atoms with Gasteiger partial charge in [-0.05, 0) is 6.92 Å². The Bertz CT molecular complexity index is 83.0. The van der Waals surface area contributed by atoms with Gasteiger partial charge in [-0.15, -0.1) is 0 Å². The van der Waals surface area contributed by atoms with E-state index in [1.165, 1.54) is 0 Å². The van der Waals surface area contributed by atoms with Gasteiger partial charge in [0.25, 0.3) is 0 Å². The molecule has 0 spiro atoms. The van der Waals surface area contributed by atoms with Crippen LogP contribution in [0.5, 0.6) is 0 Å². The predicted octanol–water partition coefficient (Wildman–Crippen LogP) is -1.09. The van der Waals surface area contributed by atoms with Crippen LogP contribution in [0.3, 0.4) is 0 Å². The van der Waals surface area contributed by atoms with Gasteiger partial charge in [0.1, 0.15) is 6.10 Å². The second kappa shape index (κ2) is 1.16. The molecule has 4 N–H and O–H groups in total. The summed E-state index contributed by atoms with van der Waals surface area (Å²) in [6.45, 7) is 1.74. The Balaban J connectivity index is 2.43. The van der Waals surface area contributed by atoms with Gasteiger partial charge in [-0.25, -0.2) is 4.89 Å². The third-order valence-corrected chi connectivity index (χ3v) is 0.972. The van der Waals surface area contributed by atoms with Gasteiger partial charge in [-0.3, -0.25) is 11.5 Å². The average Bonchev–Trinajstić information content (AvgIpc) is 1.63. The Morgan fingerprint density at radius 2 is 2.00 bits per heavy atom. The first-order valence-corrected chi connectivity index (χ1v) is 2.05. The summed E-state index contributed by atoms with van der Waals surface area (Å²) in [6.07, 6.45) is -0.188. The maximum atomic E-state index is 5.20. The first-order chi connectivity index (χ1) is 3.13. The van der Waals surface area contributed by atoms with Gasteiger partial charge < -0.3 is 0 Å². The van der Waals surface area contributed by atoms with Crippen molar-refractivity contribution in [3.05, 3.63) is 0 Å². The lowest BCUT2D eigenvalue weighted by atomic mass is 10.3. The van der Waals surface area contributed by atoms with Crippen molar-refractivity contribution in [3.63, 3.8) is 0 Å². The normalized spacial score (nSPS) is 37.3. The molecule has 0 bridgehead atoms. The number of hydrogen-bond donors (Lipinski definition) is 2. The topological polar surface area (TPSA) is 70.5 Å². The van der Waals surface area contributed by atoms with Gasteiger partial charge in [0.2, 0.25) is 5.85 Å². The Morgan fingerprint density at radius 1 is 1.57 bits per heavy atom. The summed E-state index contributed by atoms with van der Waals surface area (Å²) < 4.78 is 0. The summed E-state index contributed by atoms with van der Waals surface area (Å²) in [5.74, 6) is -1.04. The fourth-order valence-corrected chi connectivity index (χ4v) is 0.255. The molecule has 1 unspecified atom stereocenters. The highest BCUT2D eigenvalue weighted by atomic mass is 17.3. The van der Waals surface area contributed by atoms with E-state index in [9.17, 15) is 0 Å². The minimum atomic E-state index is -1.04. The van der Waals surface area contributed by atoms with Crippen molar-refractivity contribution in [2.75, 3.05) is 0 Å². The van der Waals surface area contributed by atoms with Crippen molar-refractivity contribution in [1.82, 2.24) is 0 Å². The van der Waals surface area contributed by atoms with Crippen LogP contribution in [0, 0.1) is 0 Å². The van der Waals surface area contributed by atoms with E-state index in [0.717, 1.165) is 0 Å². The molecule has 7 heavy (non-hydrogen) atoms. The molecule has 1 aliphatic rings. The van der Waals surface area contributed by atoms with Crippen LogP contribution in [-0.2, 0) is 9.78 Å². The zero-order valence-electron chi connectivity index (χ0n) is 4.05. The Morgan fingerprint density at radius 3 is 2.00 bits per heavy atom. The zero-order valence-corrected chi connectivity index (χ0v) is 4.05. The van der Waals surface area contributed by atoms with E-state index in [4.69, 9.17) is 11.5 Å². The van der Waals surface area contributed by atoms with Crippen LogP contribution in [0.25, 0.3) is 0 Å². The third kappa shape index (κ3) is 0.614. The fourth-order valence-electron chi connectivity index (χ4n) is 0.255.